The molecule has 0 saturated carbocycles. The van der Waals surface area contributed by atoms with Gasteiger partial charge in [0.2, 0.25) is 0 Å². The minimum Gasteiger partial charge on any atom is -0.478 e. The van der Waals surface area contributed by atoms with Crippen LogP contribution in [0.5, 0.6) is 0 Å². The van der Waals surface area contributed by atoms with Crippen LogP contribution in [-0.4, -0.2) is 45.9 Å². The van der Waals surface area contributed by atoms with Gasteiger partial charge in [-0.3, -0.25) is 19.6 Å². The summed E-state index contributed by atoms with van der Waals surface area (Å²) >= 11 is 0. The van der Waals surface area contributed by atoms with Crippen LogP contribution in [-0.2, 0) is 30.7 Å². The molecule has 3 N–H and O–H groups in total. The molecule has 10 nitrogen and oxygen atoms in total. The van der Waals surface area contributed by atoms with Gasteiger partial charge >= 0.3 is 11.9 Å². The molecule has 0 fully saturated rings. The molecule has 2 amide bonds. The van der Waals surface area contributed by atoms with E-state index in [4.69, 9.17) is 5.11 Å². The Morgan fingerprint density at radius 2 is 0.912 bits per heavy atom. The van der Waals surface area contributed by atoms with Crippen molar-refractivity contribution in [2.45, 2.75) is 25.9 Å². The van der Waals surface area contributed by atoms with E-state index in [1.54, 1.807) is 60.7 Å². The van der Waals surface area contributed by atoms with Crippen LogP contribution in [0.25, 0.3) is 0 Å². The highest BCUT2D eigenvalue weighted by Crippen LogP contribution is 2.17. The predicted octanol–water partition coefficient (Wildman–Crippen LogP) is 7.25. The lowest BCUT2D eigenvalue weighted by molar-refractivity contribution is 0.0599. The van der Waals surface area contributed by atoms with Crippen molar-refractivity contribution >= 4 is 23.8 Å². The lowest BCUT2D eigenvalue weighted by Crippen LogP contribution is -2.24. The molecule has 290 valence electrons. The van der Waals surface area contributed by atoms with Gasteiger partial charge in [0.1, 0.15) is 23.3 Å². The van der Waals surface area contributed by atoms with Gasteiger partial charge < -0.3 is 20.5 Å². The lowest BCUT2D eigenvalue weighted by Gasteiger charge is -2.10. The standard InChI is InChI=1S/C22H18F2N2O3.C21H16F2N2O3/c1-29-22(28)16-6-2-15(3-7-16)12-26-21(27)19-11-18(24)13-25-20(19)10-14-4-8-17(23)9-5-14;22-16-7-3-13(4-8-16)9-19-18(10-17(23)12-24-19)20(26)25-11-14-1-5-15(6-2-14)21(27)28/h2-9,11,13H,10,12H2,1H3,(H,26,27);1-8,10,12H,9,11H2,(H,25,26)(H,27,28). The number of hydrogen-bond donors (Lipinski definition) is 3. The number of halogens is 4. The lowest BCUT2D eigenvalue weighted by atomic mass is 10.0. The number of aromatic nitrogens is 2. The summed E-state index contributed by atoms with van der Waals surface area (Å²) < 4.78 is 58.1. The molecule has 0 unspecified atom stereocenters. The van der Waals surface area contributed by atoms with Gasteiger partial charge in [0.15, 0.2) is 0 Å². The Labute approximate surface area is 324 Å². The van der Waals surface area contributed by atoms with Crippen LogP contribution in [0.1, 0.15) is 75.1 Å². The van der Waals surface area contributed by atoms with E-state index in [0.717, 1.165) is 41.2 Å². The van der Waals surface area contributed by atoms with E-state index in [9.17, 15) is 36.7 Å². The fourth-order valence-corrected chi connectivity index (χ4v) is 5.40. The van der Waals surface area contributed by atoms with E-state index < -0.39 is 35.4 Å². The highest BCUT2D eigenvalue weighted by Gasteiger charge is 2.17. The monoisotopic (exact) mass is 778 g/mol. The molecule has 0 saturated heterocycles. The summed E-state index contributed by atoms with van der Waals surface area (Å²) in [5.74, 6) is -4.47. The number of benzene rings is 4. The van der Waals surface area contributed by atoms with Gasteiger partial charge in [-0.05, 0) is 82.9 Å². The van der Waals surface area contributed by atoms with Crippen LogP contribution in [0.4, 0.5) is 17.6 Å². The fourth-order valence-electron chi connectivity index (χ4n) is 5.40. The summed E-state index contributed by atoms with van der Waals surface area (Å²) in [6, 6.07) is 26.4. The third-order valence-corrected chi connectivity index (χ3v) is 8.41. The number of nitrogens with one attached hydrogen (secondary N) is 2. The summed E-state index contributed by atoms with van der Waals surface area (Å²) in [5, 5.41) is 14.3. The molecule has 0 bridgehead atoms. The smallest absolute Gasteiger partial charge is 0.337 e. The molecule has 0 aliphatic heterocycles. The SMILES string of the molecule is COC(=O)c1ccc(CNC(=O)c2cc(F)cnc2Cc2ccc(F)cc2)cc1.O=C(O)c1ccc(CNC(=O)c2cc(F)cnc2Cc2ccc(F)cc2)cc1. The minimum atomic E-state index is -1.04. The van der Waals surface area contributed by atoms with Crippen molar-refractivity contribution in [3.63, 3.8) is 0 Å². The van der Waals surface area contributed by atoms with Gasteiger partial charge in [-0.25, -0.2) is 27.2 Å². The van der Waals surface area contributed by atoms with Crippen LogP contribution in [0.15, 0.2) is 122 Å². The number of esters is 1. The summed E-state index contributed by atoms with van der Waals surface area (Å²) in [4.78, 5) is 55.5. The Morgan fingerprint density at radius 1 is 0.544 bits per heavy atom. The van der Waals surface area contributed by atoms with Crippen molar-refractivity contribution in [3.05, 3.63) is 201 Å². The third-order valence-electron chi connectivity index (χ3n) is 8.41. The van der Waals surface area contributed by atoms with Crippen molar-refractivity contribution in [1.82, 2.24) is 20.6 Å². The van der Waals surface area contributed by atoms with Gasteiger partial charge in [-0.2, -0.15) is 0 Å². The predicted molar refractivity (Wildman–Crippen MR) is 200 cm³/mol. The van der Waals surface area contributed by atoms with Crippen molar-refractivity contribution in [2.75, 3.05) is 7.11 Å². The zero-order valence-corrected chi connectivity index (χ0v) is 30.3. The molecule has 6 rings (SSSR count). The van der Waals surface area contributed by atoms with Crippen LogP contribution in [0.2, 0.25) is 0 Å². The Morgan fingerprint density at radius 3 is 1.28 bits per heavy atom. The van der Waals surface area contributed by atoms with Gasteiger partial charge in [-0.15, -0.1) is 0 Å². The van der Waals surface area contributed by atoms with E-state index in [-0.39, 0.29) is 54.3 Å². The molecule has 0 aliphatic carbocycles. The number of amides is 2. The van der Waals surface area contributed by atoms with Gasteiger partial charge in [-0.1, -0.05) is 48.5 Å². The largest absolute Gasteiger partial charge is 0.478 e. The number of carboxylic acid groups (broad SMARTS) is 1. The highest BCUT2D eigenvalue weighted by atomic mass is 19.1. The molecule has 0 radical (unpaired) electrons. The molecule has 0 aliphatic rings. The van der Waals surface area contributed by atoms with Crippen LogP contribution in [0.3, 0.4) is 0 Å². The number of pyridine rings is 2. The first-order chi connectivity index (χ1) is 27.4. The van der Waals surface area contributed by atoms with E-state index in [0.29, 0.717) is 22.5 Å². The average Bonchev–Trinajstić information content (AvgIpc) is 3.22. The molecular formula is C43H34F4N4O6. The minimum absolute atomic E-state index is 0.0893. The molecule has 14 heteroatoms. The van der Waals surface area contributed by atoms with Crippen molar-refractivity contribution in [1.29, 1.82) is 0 Å². The van der Waals surface area contributed by atoms with Crippen molar-refractivity contribution in [3.8, 4) is 0 Å². The first kappa shape index (κ1) is 41.0. The van der Waals surface area contributed by atoms with E-state index in [1.165, 1.54) is 43.5 Å². The number of hydrogen-bond acceptors (Lipinski definition) is 7. The molecule has 0 atom stereocenters. The second kappa shape index (κ2) is 19.4. The topological polar surface area (TPSA) is 148 Å². The van der Waals surface area contributed by atoms with Gasteiger partial charge in [0.25, 0.3) is 11.8 Å². The first-order valence-electron chi connectivity index (χ1n) is 17.2. The molecule has 2 aromatic heterocycles. The summed E-state index contributed by atoms with van der Waals surface area (Å²) in [6.45, 7) is 0.331. The third kappa shape index (κ3) is 11.9. The number of methoxy groups -OCH3 is 1. The second-order valence-electron chi connectivity index (χ2n) is 12.5. The number of carbonyl (C=O) groups excluding carboxylic acids is 3. The number of carboxylic acids is 1. The number of nitrogens with zero attached hydrogens (tertiary/aromatic N) is 2. The maximum absolute atomic E-state index is 13.7. The number of aromatic carboxylic acids is 1. The maximum Gasteiger partial charge on any atom is 0.337 e. The zero-order valence-electron chi connectivity index (χ0n) is 30.3. The molecule has 2 heterocycles. The van der Waals surface area contributed by atoms with E-state index >= 15 is 0 Å². The fraction of sp³-hybridized carbons (Fsp3) is 0.116. The summed E-state index contributed by atoms with van der Waals surface area (Å²) in [6.07, 6.45) is 2.58. The highest BCUT2D eigenvalue weighted by molar-refractivity contribution is 5.96. The number of carbonyl (C=O) groups is 4. The molecule has 0 spiro atoms. The summed E-state index contributed by atoms with van der Waals surface area (Å²) in [7, 11) is 1.30. The van der Waals surface area contributed by atoms with E-state index in [1.807, 2.05) is 0 Å². The Kier molecular flexibility index (Phi) is 13.9. The molecular weight excluding hydrogens is 744 g/mol. The number of rotatable bonds is 12. The van der Waals surface area contributed by atoms with Crippen LogP contribution >= 0.6 is 0 Å². The molecule has 6 aromatic rings. The average molecular weight is 779 g/mol. The first-order valence-corrected chi connectivity index (χ1v) is 17.2. The maximum atomic E-state index is 13.7. The molecule has 4 aromatic carbocycles. The molecule has 57 heavy (non-hydrogen) atoms. The normalized spacial score (nSPS) is 10.5. The zero-order chi connectivity index (χ0) is 40.9. The van der Waals surface area contributed by atoms with Crippen LogP contribution < -0.4 is 10.6 Å². The van der Waals surface area contributed by atoms with Gasteiger partial charge in [0, 0.05) is 25.9 Å². The van der Waals surface area contributed by atoms with E-state index in [2.05, 4.69) is 25.3 Å². The Hall–Kier alpha value is -7.22. The second-order valence-corrected chi connectivity index (χ2v) is 12.5. The Balaban J connectivity index is 0.000000218. The van der Waals surface area contributed by atoms with Crippen molar-refractivity contribution < 1.29 is 46.6 Å². The Bertz CT molecular complexity index is 2360. The van der Waals surface area contributed by atoms with Crippen LogP contribution in [0, 0.1) is 23.3 Å². The van der Waals surface area contributed by atoms with Crippen molar-refractivity contribution in [2.24, 2.45) is 0 Å². The quantitative estimate of drug-likeness (QED) is 0.0870. The van der Waals surface area contributed by atoms with Gasteiger partial charge in [0.05, 0.1) is 53.1 Å². The number of ether oxygens (including phenoxy) is 1. The summed E-state index contributed by atoms with van der Waals surface area (Å²) in [5.41, 5.74) is 4.44.